The van der Waals surface area contributed by atoms with Crippen LogP contribution in [0.25, 0.3) is 0 Å². The Balaban J connectivity index is 1.85. The number of hydrogen-bond donors (Lipinski definition) is 0. The molecule has 27 heavy (non-hydrogen) atoms. The van der Waals surface area contributed by atoms with Gasteiger partial charge in [-0.2, -0.15) is 13.2 Å². The van der Waals surface area contributed by atoms with Crippen molar-refractivity contribution in [3.05, 3.63) is 54.1 Å². The van der Waals surface area contributed by atoms with E-state index in [2.05, 4.69) is 9.88 Å². The highest BCUT2D eigenvalue weighted by Crippen LogP contribution is 2.43. The van der Waals surface area contributed by atoms with Crippen LogP contribution in [0.2, 0.25) is 0 Å². The van der Waals surface area contributed by atoms with Crippen molar-refractivity contribution in [2.75, 3.05) is 24.5 Å². The lowest BCUT2D eigenvalue weighted by Gasteiger charge is -2.31. The van der Waals surface area contributed by atoms with Crippen molar-refractivity contribution < 1.29 is 17.6 Å². The second-order valence-electron chi connectivity index (χ2n) is 6.39. The SMILES string of the molecule is CCN(Sc1cncc(N2CCCC2)c1)C(c1ccc(F)cc1)C(F)(F)F. The molecule has 1 aromatic heterocycles. The van der Waals surface area contributed by atoms with Crippen molar-refractivity contribution in [2.45, 2.75) is 36.9 Å². The van der Waals surface area contributed by atoms with E-state index in [9.17, 15) is 17.6 Å². The minimum Gasteiger partial charge on any atom is -0.370 e. The summed E-state index contributed by atoms with van der Waals surface area (Å²) in [5.74, 6) is -0.558. The van der Waals surface area contributed by atoms with E-state index < -0.39 is 18.0 Å². The summed E-state index contributed by atoms with van der Waals surface area (Å²) in [6.45, 7) is 3.72. The maximum atomic E-state index is 13.8. The first kappa shape index (κ1) is 19.9. The quantitative estimate of drug-likeness (QED) is 0.475. The molecule has 3 rings (SSSR count). The molecule has 1 aliphatic rings. The zero-order valence-corrected chi connectivity index (χ0v) is 15.7. The minimum absolute atomic E-state index is 0.0157. The van der Waals surface area contributed by atoms with E-state index in [0.29, 0.717) is 4.90 Å². The lowest BCUT2D eigenvalue weighted by Crippen LogP contribution is -2.34. The van der Waals surface area contributed by atoms with E-state index >= 15 is 0 Å². The second-order valence-corrected chi connectivity index (χ2v) is 7.52. The maximum absolute atomic E-state index is 13.8. The number of hydrogen-bond acceptors (Lipinski definition) is 4. The normalized spacial score (nSPS) is 16.1. The summed E-state index contributed by atoms with van der Waals surface area (Å²) in [5.41, 5.74) is 0.945. The Morgan fingerprint density at radius 1 is 1.15 bits per heavy atom. The van der Waals surface area contributed by atoms with Gasteiger partial charge < -0.3 is 4.90 Å². The highest BCUT2D eigenvalue weighted by atomic mass is 32.2. The summed E-state index contributed by atoms with van der Waals surface area (Å²) < 4.78 is 55.8. The van der Waals surface area contributed by atoms with E-state index in [1.54, 1.807) is 19.3 Å². The maximum Gasteiger partial charge on any atom is 0.408 e. The fourth-order valence-electron chi connectivity index (χ4n) is 3.20. The minimum atomic E-state index is -4.49. The van der Waals surface area contributed by atoms with Crippen LogP contribution in [0.4, 0.5) is 23.2 Å². The molecule has 3 nitrogen and oxygen atoms in total. The van der Waals surface area contributed by atoms with E-state index in [4.69, 9.17) is 0 Å². The van der Waals surface area contributed by atoms with E-state index in [-0.39, 0.29) is 12.1 Å². The molecule has 0 spiro atoms. The molecule has 2 heterocycles. The molecule has 1 aliphatic heterocycles. The predicted molar refractivity (Wildman–Crippen MR) is 99.1 cm³/mol. The van der Waals surface area contributed by atoms with E-state index in [1.807, 2.05) is 6.07 Å². The summed E-state index contributed by atoms with van der Waals surface area (Å²) in [6.07, 6.45) is 1.05. The first-order valence-electron chi connectivity index (χ1n) is 8.85. The third-order valence-corrected chi connectivity index (χ3v) is 5.63. The van der Waals surface area contributed by atoms with Gasteiger partial charge in [-0.15, -0.1) is 0 Å². The molecule has 1 atom stereocenters. The summed E-state index contributed by atoms with van der Waals surface area (Å²) in [4.78, 5) is 7.04. The number of rotatable bonds is 6. The van der Waals surface area contributed by atoms with Gasteiger partial charge in [0, 0.05) is 30.7 Å². The summed E-state index contributed by atoms with van der Waals surface area (Å²) in [6, 6.07) is 4.54. The zero-order chi connectivity index (χ0) is 19.4. The lowest BCUT2D eigenvalue weighted by atomic mass is 10.1. The predicted octanol–water partition coefficient (Wildman–Crippen LogP) is 5.45. The molecule has 8 heteroatoms. The highest BCUT2D eigenvalue weighted by molar-refractivity contribution is 7.97. The number of halogens is 4. The van der Waals surface area contributed by atoms with Crippen molar-refractivity contribution in [1.29, 1.82) is 0 Å². The van der Waals surface area contributed by atoms with E-state index in [0.717, 1.165) is 55.7 Å². The Hall–Kier alpha value is -1.80. The number of aromatic nitrogens is 1. The molecular weight excluding hydrogens is 378 g/mol. The largest absolute Gasteiger partial charge is 0.408 e. The Morgan fingerprint density at radius 2 is 1.81 bits per heavy atom. The zero-order valence-electron chi connectivity index (χ0n) is 14.9. The molecule has 2 aromatic rings. The van der Waals surface area contributed by atoms with Crippen molar-refractivity contribution in [3.63, 3.8) is 0 Å². The molecule has 1 unspecified atom stereocenters. The molecule has 0 bridgehead atoms. The number of benzene rings is 1. The van der Waals surface area contributed by atoms with E-state index in [1.165, 1.54) is 16.4 Å². The smallest absolute Gasteiger partial charge is 0.370 e. The van der Waals surface area contributed by atoms with Gasteiger partial charge in [-0.25, -0.2) is 8.70 Å². The van der Waals surface area contributed by atoms with Crippen LogP contribution in [0.5, 0.6) is 0 Å². The van der Waals surface area contributed by atoms with Gasteiger partial charge in [-0.05, 0) is 48.6 Å². The monoisotopic (exact) mass is 399 g/mol. The Bertz CT molecular complexity index is 745. The molecule has 1 aromatic carbocycles. The van der Waals surface area contributed by atoms with Gasteiger partial charge in [0.25, 0.3) is 0 Å². The lowest BCUT2D eigenvalue weighted by molar-refractivity contribution is -0.172. The molecule has 0 amide bonds. The number of anilines is 1. The third kappa shape index (κ3) is 4.93. The molecule has 0 radical (unpaired) electrons. The molecule has 0 N–H and O–H groups in total. The van der Waals surface area contributed by atoms with Gasteiger partial charge in [0.2, 0.25) is 0 Å². The number of nitrogens with zero attached hydrogens (tertiary/aromatic N) is 3. The van der Waals surface area contributed by atoms with Gasteiger partial charge in [0.1, 0.15) is 11.9 Å². The van der Waals surface area contributed by atoms with Crippen LogP contribution in [0.15, 0.2) is 47.6 Å². The Morgan fingerprint density at radius 3 is 2.41 bits per heavy atom. The van der Waals surface area contributed by atoms with Crippen molar-refractivity contribution in [1.82, 2.24) is 9.29 Å². The molecular formula is C19H21F4N3S. The highest BCUT2D eigenvalue weighted by Gasteiger charge is 2.44. The molecule has 1 fully saturated rings. The van der Waals surface area contributed by atoms with Crippen LogP contribution < -0.4 is 4.90 Å². The Labute approximate surface area is 160 Å². The number of pyridine rings is 1. The number of alkyl halides is 3. The molecule has 0 aliphatic carbocycles. The summed E-state index contributed by atoms with van der Waals surface area (Å²) >= 11 is 1.03. The molecule has 0 saturated carbocycles. The standard InChI is InChI=1S/C19H21F4N3S/c1-2-26(18(19(21,22)23)14-5-7-15(20)8-6-14)27-17-11-16(12-24-13-17)25-9-3-4-10-25/h5-8,11-13,18H,2-4,9-10H2,1H3. The average molecular weight is 399 g/mol. The first-order valence-corrected chi connectivity index (χ1v) is 9.62. The van der Waals surface area contributed by atoms with Crippen LogP contribution in [0.3, 0.4) is 0 Å². The van der Waals surface area contributed by atoms with Crippen LogP contribution in [-0.2, 0) is 0 Å². The van der Waals surface area contributed by atoms with Gasteiger partial charge in [0.05, 0.1) is 11.9 Å². The van der Waals surface area contributed by atoms with Crippen molar-refractivity contribution in [2.24, 2.45) is 0 Å². The third-order valence-electron chi connectivity index (χ3n) is 4.49. The first-order chi connectivity index (χ1) is 12.9. The van der Waals surface area contributed by atoms with Crippen LogP contribution in [0.1, 0.15) is 31.4 Å². The van der Waals surface area contributed by atoms with Gasteiger partial charge in [-0.1, -0.05) is 19.1 Å². The summed E-state index contributed by atoms with van der Waals surface area (Å²) in [5, 5.41) is 0. The fraction of sp³-hybridized carbons (Fsp3) is 0.421. The van der Waals surface area contributed by atoms with Gasteiger partial charge in [0.15, 0.2) is 0 Å². The van der Waals surface area contributed by atoms with Crippen LogP contribution in [-0.4, -0.2) is 35.1 Å². The van der Waals surface area contributed by atoms with Crippen molar-refractivity contribution in [3.8, 4) is 0 Å². The van der Waals surface area contributed by atoms with Crippen LogP contribution >= 0.6 is 11.9 Å². The second kappa shape index (κ2) is 8.48. The molecule has 1 saturated heterocycles. The fourth-order valence-corrected chi connectivity index (χ4v) is 4.23. The van der Waals surface area contributed by atoms with Gasteiger partial charge in [-0.3, -0.25) is 4.98 Å². The van der Waals surface area contributed by atoms with Gasteiger partial charge >= 0.3 is 6.18 Å². The average Bonchev–Trinajstić information content (AvgIpc) is 3.16. The topological polar surface area (TPSA) is 19.4 Å². The van der Waals surface area contributed by atoms with Crippen molar-refractivity contribution >= 4 is 17.6 Å². The summed E-state index contributed by atoms with van der Waals surface area (Å²) in [7, 11) is 0. The van der Waals surface area contributed by atoms with Crippen LogP contribution in [0, 0.1) is 5.82 Å². The molecule has 146 valence electrons. The Kier molecular flexibility index (Phi) is 6.26.